The van der Waals surface area contributed by atoms with E-state index in [1.165, 1.54) is 5.01 Å². The third-order valence-corrected chi connectivity index (χ3v) is 5.00. The fourth-order valence-corrected chi connectivity index (χ4v) is 3.52. The molecule has 3 amide bonds. The van der Waals surface area contributed by atoms with Crippen molar-refractivity contribution in [3.63, 3.8) is 0 Å². The van der Waals surface area contributed by atoms with Crippen LogP contribution in [0.15, 0.2) is 48.8 Å². The van der Waals surface area contributed by atoms with Crippen LogP contribution in [0.1, 0.15) is 34.8 Å². The Labute approximate surface area is 174 Å². The molecular formula is C20H22ClN5O3. The van der Waals surface area contributed by atoms with Crippen molar-refractivity contribution in [2.24, 2.45) is 0 Å². The van der Waals surface area contributed by atoms with E-state index >= 15 is 0 Å². The summed E-state index contributed by atoms with van der Waals surface area (Å²) < 4.78 is 0. The summed E-state index contributed by atoms with van der Waals surface area (Å²) in [6.45, 7) is 2.00. The number of anilines is 1. The van der Waals surface area contributed by atoms with Crippen LogP contribution in [0.5, 0.6) is 0 Å². The second-order valence-electron chi connectivity index (χ2n) is 6.82. The quantitative estimate of drug-likeness (QED) is 0.791. The molecule has 0 aliphatic carbocycles. The smallest absolute Gasteiger partial charge is 0.254 e. The van der Waals surface area contributed by atoms with E-state index in [0.717, 1.165) is 12.1 Å². The number of pyridine rings is 1. The molecule has 0 bridgehead atoms. The molecule has 8 nitrogen and oxygen atoms in total. The summed E-state index contributed by atoms with van der Waals surface area (Å²) in [5.41, 5.74) is 4.62. The number of hydrogen-bond donors (Lipinski definition) is 2. The zero-order chi connectivity index (χ0) is 19.5. The second-order valence-corrected chi connectivity index (χ2v) is 6.82. The first-order valence-electron chi connectivity index (χ1n) is 9.27. The largest absolute Gasteiger partial charge is 0.329 e. The molecule has 3 heterocycles. The van der Waals surface area contributed by atoms with Gasteiger partial charge in [-0.3, -0.25) is 24.8 Å². The first-order chi connectivity index (χ1) is 13.6. The molecule has 1 aromatic carbocycles. The molecule has 1 unspecified atom stereocenters. The molecule has 152 valence electrons. The maximum Gasteiger partial charge on any atom is 0.254 e. The van der Waals surface area contributed by atoms with E-state index in [4.69, 9.17) is 0 Å². The van der Waals surface area contributed by atoms with Gasteiger partial charge in [-0.1, -0.05) is 6.07 Å². The number of amides is 3. The highest BCUT2D eigenvalue weighted by atomic mass is 35.5. The van der Waals surface area contributed by atoms with Crippen molar-refractivity contribution in [3.05, 3.63) is 59.9 Å². The summed E-state index contributed by atoms with van der Waals surface area (Å²) in [5.74, 6) is -0.437. The standard InChI is InChI=1S/C20H21N5O3.ClH/c26-18-7-8-19(27)25(23-18)16-5-3-14(4-6-16)20(28)24-11-10-22-13-17(24)15-2-1-9-21-12-15;/h1-6,9,12,17,22H,7-8,10-11,13H2,(H,23,26);1H. The molecule has 0 saturated carbocycles. The van der Waals surface area contributed by atoms with Crippen molar-refractivity contribution in [3.8, 4) is 0 Å². The van der Waals surface area contributed by atoms with Gasteiger partial charge in [0.2, 0.25) is 11.8 Å². The average molecular weight is 416 g/mol. The molecule has 1 aromatic heterocycles. The molecule has 2 aliphatic heterocycles. The average Bonchev–Trinajstić information content (AvgIpc) is 2.76. The lowest BCUT2D eigenvalue weighted by Gasteiger charge is -2.36. The van der Waals surface area contributed by atoms with Crippen LogP contribution in [0, 0.1) is 0 Å². The fourth-order valence-electron chi connectivity index (χ4n) is 3.52. The lowest BCUT2D eigenvalue weighted by atomic mass is 10.0. The zero-order valence-corrected chi connectivity index (χ0v) is 16.5. The lowest BCUT2D eigenvalue weighted by molar-refractivity contribution is -0.130. The van der Waals surface area contributed by atoms with Gasteiger partial charge in [0.05, 0.1) is 11.7 Å². The van der Waals surface area contributed by atoms with Crippen LogP contribution in [-0.4, -0.2) is 47.2 Å². The Morgan fingerprint density at radius 2 is 1.90 bits per heavy atom. The molecule has 2 aliphatic rings. The monoisotopic (exact) mass is 415 g/mol. The van der Waals surface area contributed by atoms with Crippen LogP contribution in [0.25, 0.3) is 0 Å². The molecule has 2 saturated heterocycles. The molecule has 2 N–H and O–H groups in total. The summed E-state index contributed by atoms with van der Waals surface area (Å²) in [5, 5.41) is 4.56. The molecule has 4 rings (SSSR count). The first kappa shape index (κ1) is 20.8. The fraction of sp³-hybridized carbons (Fsp3) is 0.300. The van der Waals surface area contributed by atoms with Gasteiger partial charge in [0.25, 0.3) is 5.91 Å². The third-order valence-electron chi connectivity index (χ3n) is 5.00. The number of nitrogens with zero attached hydrogens (tertiary/aromatic N) is 3. The third kappa shape index (κ3) is 4.38. The highest BCUT2D eigenvalue weighted by molar-refractivity contribution is 6.01. The molecule has 1 atom stereocenters. The number of hydrazine groups is 1. The van der Waals surface area contributed by atoms with E-state index < -0.39 is 0 Å². The molecule has 0 spiro atoms. The number of aromatic nitrogens is 1. The Morgan fingerprint density at radius 1 is 1.10 bits per heavy atom. The number of nitrogens with one attached hydrogen (secondary N) is 2. The van der Waals surface area contributed by atoms with Gasteiger partial charge in [0, 0.05) is 50.4 Å². The lowest BCUT2D eigenvalue weighted by Crippen LogP contribution is -2.50. The Morgan fingerprint density at radius 3 is 2.62 bits per heavy atom. The molecular weight excluding hydrogens is 394 g/mol. The summed E-state index contributed by atoms with van der Waals surface area (Å²) in [6, 6.07) is 10.5. The second kappa shape index (κ2) is 9.02. The predicted molar refractivity (Wildman–Crippen MR) is 109 cm³/mol. The highest BCUT2D eigenvalue weighted by Crippen LogP contribution is 2.25. The predicted octanol–water partition coefficient (Wildman–Crippen LogP) is 1.45. The maximum absolute atomic E-state index is 13.1. The summed E-state index contributed by atoms with van der Waals surface area (Å²) in [7, 11) is 0. The van der Waals surface area contributed by atoms with E-state index in [0.29, 0.717) is 24.3 Å². The summed E-state index contributed by atoms with van der Waals surface area (Å²) >= 11 is 0. The van der Waals surface area contributed by atoms with Gasteiger partial charge in [-0.25, -0.2) is 5.01 Å². The van der Waals surface area contributed by atoms with E-state index in [1.807, 2.05) is 17.0 Å². The minimum absolute atomic E-state index is 0. The van der Waals surface area contributed by atoms with Crippen molar-refractivity contribution in [2.45, 2.75) is 18.9 Å². The molecule has 9 heteroatoms. The number of hydrogen-bond acceptors (Lipinski definition) is 5. The van der Waals surface area contributed by atoms with Crippen molar-refractivity contribution in [1.29, 1.82) is 0 Å². The Balaban J connectivity index is 0.00000240. The number of carbonyl (C=O) groups is 3. The number of carbonyl (C=O) groups excluding carboxylic acids is 3. The normalized spacial score (nSPS) is 19.4. The van der Waals surface area contributed by atoms with Crippen LogP contribution in [-0.2, 0) is 9.59 Å². The van der Waals surface area contributed by atoms with Gasteiger partial charge in [-0.05, 0) is 35.9 Å². The number of piperazine rings is 1. The summed E-state index contributed by atoms with van der Waals surface area (Å²) in [4.78, 5) is 42.7. The van der Waals surface area contributed by atoms with Gasteiger partial charge in [-0.15, -0.1) is 12.4 Å². The van der Waals surface area contributed by atoms with E-state index in [9.17, 15) is 14.4 Å². The highest BCUT2D eigenvalue weighted by Gasteiger charge is 2.29. The summed E-state index contributed by atoms with van der Waals surface area (Å²) in [6.07, 6.45) is 3.88. The van der Waals surface area contributed by atoms with Crippen molar-refractivity contribution in [1.82, 2.24) is 20.6 Å². The molecule has 2 aromatic rings. The van der Waals surface area contributed by atoms with Crippen LogP contribution < -0.4 is 15.8 Å². The van der Waals surface area contributed by atoms with Crippen molar-refractivity contribution >= 4 is 35.8 Å². The Hall–Kier alpha value is -2.97. The Kier molecular flexibility index (Phi) is 6.46. The van der Waals surface area contributed by atoms with Crippen LogP contribution in [0.2, 0.25) is 0 Å². The van der Waals surface area contributed by atoms with Gasteiger partial charge in [-0.2, -0.15) is 0 Å². The minimum atomic E-state index is -0.195. The van der Waals surface area contributed by atoms with E-state index in [-0.39, 0.29) is 49.0 Å². The van der Waals surface area contributed by atoms with Gasteiger partial charge < -0.3 is 10.2 Å². The molecule has 2 fully saturated rings. The van der Waals surface area contributed by atoms with Crippen LogP contribution in [0.4, 0.5) is 5.69 Å². The van der Waals surface area contributed by atoms with Gasteiger partial charge in [0.15, 0.2) is 0 Å². The minimum Gasteiger partial charge on any atom is -0.329 e. The number of rotatable bonds is 3. The van der Waals surface area contributed by atoms with E-state index in [1.54, 1.807) is 36.7 Å². The van der Waals surface area contributed by atoms with Crippen LogP contribution >= 0.6 is 12.4 Å². The zero-order valence-electron chi connectivity index (χ0n) is 15.7. The van der Waals surface area contributed by atoms with Crippen molar-refractivity contribution < 1.29 is 14.4 Å². The van der Waals surface area contributed by atoms with E-state index in [2.05, 4.69) is 15.7 Å². The first-order valence-corrected chi connectivity index (χ1v) is 9.27. The maximum atomic E-state index is 13.1. The van der Waals surface area contributed by atoms with Gasteiger partial charge in [0.1, 0.15) is 0 Å². The SMILES string of the molecule is Cl.O=C1CCC(=O)N(c2ccc(C(=O)N3CCNCC3c3cccnc3)cc2)N1. The topological polar surface area (TPSA) is 94.6 Å². The van der Waals surface area contributed by atoms with Crippen LogP contribution in [0.3, 0.4) is 0 Å². The van der Waals surface area contributed by atoms with Crippen molar-refractivity contribution in [2.75, 3.05) is 24.6 Å². The van der Waals surface area contributed by atoms with Gasteiger partial charge >= 0.3 is 0 Å². The number of benzene rings is 1. The number of halogens is 1. The Bertz CT molecular complexity index is 891. The molecule has 29 heavy (non-hydrogen) atoms. The molecule has 0 radical (unpaired) electrons.